The van der Waals surface area contributed by atoms with Crippen LogP contribution in [0, 0.1) is 6.92 Å². The van der Waals surface area contributed by atoms with Crippen molar-refractivity contribution in [2.24, 2.45) is 14.1 Å². The van der Waals surface area contributed by atoms with Crippen molar-refractivity contribution in [3.8, 4) is 0 Å². The summed E-state index contributed by atoms with van der Waals surface area (Å²) in [4.78, 5) is 31.6. The Morgan fingerprint density at radius 2 is 1.79 bits per heavy atom. The molecule has 3 aromatic rings. The number of hydrogen-bond acceptors (Lipinski definition) is 4. The third-order valence-electron chi connectivity index (χ3n) is 4.79. The molecule has 0 aliphatic rings. The van der Waals surface area contributed by atoms with E-state index in [1.165, 1.54) is 11.6 Å². The number of imidazole rings is 2. The molecule has 130 valence electrons. The first-order chi connectivity index (χ1) is 11.4. The van der Waals surface area contributed by atoms with E-state index >= 15 is 0 Å². The van der Waals surface area contributed by atoms with Crippen LogP contribution < -0.4 is 11.2 Å². The van der Waals surface area contributed by atoms with Crippen molar-refractivity contribution in [3.05, 3.63) is 32.7 Å². The lowest BCUT2D eigenvalue weighted by molar-refractivity contribution is 0.291. The first-order valence-electron chi connectivity index (χ1n) is 8.26. The highest BCUT2D eigenvalue weighted by atomic mass is 16.2. The molecule has 0 aromatic carbocycles. The monoisotopic (exact) mass is 332 g/mol. The molecule has 3 heterocycles. The van der Waals surface area contributed by atoms with Crippen molar-refractivity contribution < 1.29 is 0 Å². The summed E-state index contributed by atoms with van der Waals surface area (Å²) in [5.74, 6) is 0.702. The lowest BCUT2D eigenvalue weighted by atomic mass is 10.4. The van der Waals surface area contributed by atoms with Gasteiger partial charge in [-0.15, -0.1) is 0 Å². The normalized spacial score (nSPS) is 12.1. The molecule has 0 spiro atoms. The summed E-state index contributed by atoms with van der Waals surface area (Å²) in [5, 5.41) is 0. The minimum Gasteiger partial charge on any atom is -0.313 e. The fourth-order valence-corrected chi connectivity index (χ4v) is 3.19. The zero-order valence-corrected chi connectivity index (χ0v) is 14.9. The van der Waals surface area contributed by atoms with Crippen LogP contribution >= 0.6 is 0 Å². The predicted octanol–water partition coefficient (Wildman–Crippen LogP) is 0.337. The van der Waals surface area contributed by atoms with Crippen LogP contribution in [-0.2, 0) is 20.6 Å². The highest BCUT2D eigenvalue weighted by Crippen LogP contribution is 2.16. The smallest absolute Gasteiger partial charge is 0.313 e. The van der Waals surface area contributed by atoms with Crippen LogP contribution in [0.15, 0.2) is 15.8 Å². The van der Waals surface area contributed by atoms with Crippen molar-refractivity contribution in [3.63, 3.8) is 0 Å². The topological polar surface area (TPSA) is 69.5 Å². The molecular formula is C16H24N6O2. The van der Waals surface area contributed by atoms with Gasteiger partial charge in [-0.1, -0.05) is 13.8 Å². The average Bonchev–Trinajstić information content (AvgIpc) is 3.07. The summed E-state index contributed by atoms with van der Waals surface area (Å²) in [6.45, 7) is 10.0. The minimum atomic E-state index is -0.361. The average molecular weight is 332 g/mol. The molecule has 0 atom stereocenters. The summed E-state index contributed by atoms with van der Waals surface area (Å²) in [5.41, 5.74) is 1.23. The van der Waals surface area contributed by atoms with Gasteiger partial charge in [0.15, 0.2) is 11.2 Å². The van der Waals surface area contributed by atoms with Crippen molar-refractivity contribution in [2.75, 3.05) is 19.6 Å². The number of aryl methyl sites for hydroxylation is 2. The molecule has 3 aromatic heterocycles. The molecule has 0 bridgehead atoms. The van der Waals surface area contributed by atoms with Crippen LogP contribution in [0.25, 0.3) is 16.9 Å². The molecule has 0 aliphatic heterocycles. The van der Waals surface area contributed by atoms with Crippen molar-refractivity contribution >= 4 is 16.9 Å². The summed E-state index contributed by atoms with van der Waals surface area (Å²) < 4.78 is 6.45. The molecule has 0 saturated heterocycles. The van der Waals surface area contributed by atoms with Gasteiger partial charge in [0, 0.05) is 39.1 Å². The van der Waals surface area contributed by atoms with Crippen LogP contribution in [0.3, 0.4) is 0 Å². The summed E-state index contributed by atoms with van der Waals surface area (Å²) >= 11 is 0. The van der Waals surface area contributed by atoms with E-state index in [4.69, 9.17) is 0 Å². The maximum absolute atomic E-state index is 12.5. The van der Waals surface area contributed by atoms with E-state index in [0.29, 0.717) is 16.9 Å². The summed E-state index contributed by atoms with van der Waals surface area (Å²) in [6, 6.07) is 0. The number of nitrogens with zero attached hydrogens (tertiary/aromatic N) is 6. The third kappa shape index (κ3) is 2.29. The Morgan fingerprint density at radius 1 is 1.12 bits per heavy atom. The van der Waals surface area contributed by atoms with Crippen molar-refractivity contribution in [1.82, 2.24) is 28.0 Å². The van der Waals surface area contributed by atoms with E-state index in [0.717, 1.165) is 36.4 Å². The molecule has 0 amide bonds. The van der Waals surface area contributed by atoms with Gasteiger partial charge in [-0.2, -0.15) is 4.98 Å². The summed E-state index contributed by atoms with van der Waals surface area (Å²) in [6.07, 6.45) is 1.92. The highest BCUT2D eigenvalue weighted by Gasteiger charge is 2.18. The van der Waals surface area contributed by atoms with E-state index in [9.17, 15) is 9.59 Å². The second-order valence-corrected chi connectivity index (χ2v) is 6.11. The lowest BCUT2D eigenvalue weighted by Gasteiger charge is -2.18. The van der Waals surface area contributed by atoms with Gasteiger partial charge in [0.25, 0.3) is 5.56 Å². The fourth-order valence-electron chi connectivity index (χ4n) is 3.19. The Kier molecular flexibility index (Phi) is 4.08. The number of rotatable bonds is 5. The van der Waals surface area contributed by atoms with Crippen LogP contribution in [-0.4, -0.2) is 47.6 Å². The molecule has 24 heavy (non-hydrogen) atoms. The molecule has 8 heteroatoms. The van der Waals surface area contributed by atoms with Crippen molar-refractivity contribution in [2.45, 2.75) is 27.3 Å². The van der Waals surface area contributed by atoms with Gasteiger partial charge >= 0.3 is 5.69 Å². The molecule has 0 unspecified atom stereocenters. The third-order valence-corrected chi connectivity index (χ3v) is 4.79. The van der Waals surface area contributed by atoms with E-state index < -0.39 is 0 Å². The molecule has 0 N–H and O–H groups in total. The zero-order valence-electron chi connectivity index (χ0n) is 14.9. The summed E-state index contributed by atoms with van der Waals surface area (Å²) in [7, 11) is 3.14. The predicted molar refractivity (Wildman–Crippen MR) is 93.7 cm³/mol. The van der Waals surface area contributed by atoms with Crippen molar-refractivity contribution in [1.29, 1.82) is 0 Å². The molecular weight excluding hydrogens is 308 g/mol. The Morgan fingerprint density at radius 3 is 2.42 bits per heavy atom. The highest BCUT2D eigenvalue weighted by molar-refractivity contribution is 5.75. The Balaban J connectivity index is 2.21. The van der Waals surface area contributed by atoms with Gasteiger partial charge < -0.3 is 9.47 Å². The molecule has 3 rings (SSSR count). The standard InChI is InChI=1S/C16H24N6O2/c1-6-20(7-2)8-9-21-11(3)10-22-12-13(17-15(21)22)18(4)16(24)19(5)14(12)23/h10H,6-9H2,1-5H3. The molecule has 0 aliphatic carbocycles. The van der Waals surface area contributed by atoms with E-state index in [1.807, 2.05) is 13.1 Å². The van der Waals surface area contributed by atoms with Gasteiger partial charge in [-0.3, -0.25) is 18.3 Å². The van der Waals surface area contributed by atoms with Gasteiger partial charge in [0.2, 0.25) is 5.78 Å². The quantitative estimate of drug-likeness (QED) is 0.675. The second-order valence-electron chi connectivity index (χ2n) is 6.11. The first-order valence-corrected chi connectivity index (χ1v) is 8.26. The number of likely N-dealkylation sites (N-methyl/N-ethyl adjacent to an activating group) is 1. The number of hydrogen-bond donors (Lipinski definition) is 0. The van der Waals surface area contributed by atoms with E-state index in [1.54, 1.807) is 11.4 Å². The first kappa shape index (κ1) is 16.5. The second kappa shape index (κ2) is 5.94. The molecule has 0 radical (unpaired) electrons. The maximum atomic E-state index is 12.5. The number of fused-ring (bicyclic) bond motifs is 3. The van der Waals surface area contributed by atoms with Crippen LogP contribution in [0.2, 0.25) is 0 Å². The SMILES string of the molecule is CCN(CC)CCn1c(C)cn2c3c(=O)n(C)c(=O)n(C)c3nc12. The van der Waals surface area contributed by atoms with Gasteiger partial charge in [0.1, 0.15) is 0 Å². The lowest BCUT2D eigenvalue weighted by Crippen LogP contribution is -2.37. The Labute approximate surface area is 139 Å². The van der Waals surface area contributed by atoms with Crippen LogP contribution in [0.4, 0.5) is 0 Å². The van der Waals surface area contributed by atoms with Gasteiger partial charge in [-0.05, 0) is 20.0 Å². The molecule has 8 nitrogen and oxygen atoms in total. The van der Waals surface area contributed by atoms with E-state index in [2.05, 4.69) is 28.3 Å². The molecule has 0 fully saturated rings. The zero-order chi connectivity index (χ0) is 17.6. The Bertz CT molecular complexity index is 1020. The molecule has 0 saturated carbocycles. The van der Waals surface area contributed by atoms with Crippen LogP contribution in [0.5, 0.6) is 0 Å². The maximum Gasteiger partial charge on any atom is 0.332 e. The van der Waals surface area contributed by atoms with Gasteiger partial charge in [0.05, 0.1) is 0 Å². The van der Waals surface area contributed by atoms with Gasteiger partial charge in [-0.25, -0.2) is 4.79 Å². The minimum absolute atomic E-state index is 0.318. The van der Waals surface area contributed by atoms with E-state index in [-0.39, 0.29) is 11.2 Å². The largest absolute Gasteiger partial charge is 0.332 e. The fraction of sp³-hybridized carbons (Fsp3) is 0.562. The van der Waals surface area contributed by atoms with Crippen LogP contribution in [0.1, 0.15) is 19.5 Å². The number of aromatic nitrogens is 5. The Hall–Kier alpha value is -2.35.